The van der Waals surface area contributed by atoms with Gasteiger partial charge in [-0.1, -0.05) is 78.0 Å². The molecule has 1 aromatic heterocycles. The van der Waals surface area contributed by atoms with Gasteiger partial charge in [-0.05, 0) is 24.1 Å². The van der Waals surface area contributed by atoms with Gasteiger partial charge >= 0.3 is 0 Å². The first-order valence-electron chi connectivity index (χ1n) is 8.12. The van der Waals surface area contributed by atoms with E-state index < -0.39 is 0 Å². The molecule has 0 amide bonds. The van der Waals surface area contributed by atoms with E-state index in [4.69, 9.17) is 5.84 Å². The number of nitrogen functional groups attached to an aromatic ring is 1. The molecule has 0 saturated heterocycles. The molecule has 0 radical (unpaired) electrons. The predicted octanol–water partition coefficient (Wildman–Crippen LogP) is 3.70. The fraction of sp³-hybridized carbons (Fsp3) is 0.105. The van der Waals surface area contributed by atoms with Crippen LogP contribution in [-0.2, 0) is 5.75 Å². The average molecular weight is 364 g/mol. The highest BCUT2D eigenvalue weighted by atomic mass is 32.2. The summed E-state index contributed by atoms with van der Waals surface area (Å²) in [6.45, 7) is 2.07. The van der Waals surface area contributed by atoms with Crippen molar-refractivity contribution in [1.82, 2.24) is 14.9 Å². The Morgan fingerprint density at radius 3 is 2.65 bits per heavy atom. The van der Waals surface area contributed by atoms with Gasteiger partial charge in [0.1, 0.15) is 0 Å². The lowest BCUT2D eigenvalue weighted by Crippen LogP contribution is -2.13. The molecule has 3 rings (SSSR count). The molecule has 0 aliphatic heterocycles. The minimum Gasteiger partial charge on any atom is -0.334 e. The van der Waals surface area contributed by atoms with Crippen LogP contribution in [0.4, 0.5) is 5.95 Å². The number of anilines is 1. The molecular formula is C19H20N6S. The number of nitrogens with two attached hydrogens (primary N) is 1. The second-order valence-electron chi connectivity index (χ2n) is 5.61. The number of benzene rings is 2. The lowest BCUT2D eigenvalue weighted by Gasteiger charge is -2.03. The molecule has 7 heteroatoms. The van der Waals surface area contributed by atoms with Gasteiger partial charge in [0, 0.05) is 12.0 Å². The first-order valence-corrected chi connectivity index (χ1v) is 9.10. The van der Waals surface area contributed by atoms with Crippen LogP contribution in [0.2, 0.25) is 0 Å². The highest BCUT2D eigenvalue weighted by Crippen LogP contribution is 2.21. The van der Waals surface area contributed by atoms with E-state index in [0.717, 1.165) is 11.3 Å². The number of nitrogens with one attached hydrogen (secondary N) is 1. The van der Waals surface area contributed by atoms with E-state index >= 15 is 0 Å². The van der Waals surface area contributed by atoms with Crippen molar-refractivity contribution < 1.29 is 0 Å². The largest absolute Gasteiger partial charge is 0.334 e. The summed E-state index contributed by atoms with van der Waals surface area (Å²) >= 11 is 1.53. The van der Waals surface area contributed by atoms with Crippen LogP contribution in [0.25, 0.3) is 6.08 Å². The number of hydrogen-bond acceptors (Lipinski definition) is 6. The van der Waals surface area contributed by atoms with Crippen molar-refractivity contribution in [2.24, 2.45) is 5.10 Å². The summed E-state index contributed by atoms with van der Waals surface area (Å²) < 4.78 is 1.40. The first kappa shape index (κ1) is 17.8. The van der Waals surface area contributed by atoms with Gasteiger partial charge in [-0.25, -0.2) is 10.1 Å². The molecule has 0 aliphatic rings. The van der Waals surface area contributed by atoms with Crippen LogP contribution in [0.5, 0.6) is 0 Å². The fourth-order valence-corrected chi connectivity index (χ4v) is 2.95. The Hall–Kier alpha value is -3.06. The minimum atomic E-state index is 0.390. The van der Waals surface area contributed by atoms with E-state index in [1.54, 1.807) is 6.21 Å². The summed E-state index contributed by atoms with van der Waals surface area (Å²) in [6.07, 6.45) is 5.44. The number of hydrazone groups is 1. The van der Waals surface area contributed by atoms with Crippen molar-refractivity contribution in [1.29, 1.82) is 0 Å². The van der Waals surface area contributed by atoms with Crippen LogP contribution in [0.3, 0.4) is 0 Å². The third-order valence-corrected chi connectivity index (χ3v) is 4.58. The van der Waals surface area contributed by atoms with Crippen molar-refractivity contribution >= 4 is 30.0 Å². The predicted molar refractivity (Wildman–Crippen MR) is 109 cm³/mol. The highest BCUT2D eigenvalue weighted by Gasteiger charge is 2.09. The SMILES string of the molecule is Cc1ccc(CSc2nnc(N/N=C/C=C/c3ccccc3)n2N)cc1. The van der Waals surface area contributed by atoms with E-state index in [0.29, 0.717) is 11.1 Å². The molecule has 3 N–H and O–H groups in total. The number of aryl methyl sites for hydroxylation is 1. The Balaban J connectivity index is 1.52. The van der Waals surface area contributed by atoms with Crippen LogP contribution < -0.4 is 11.3 Å². The zero-order chi connectivity index (χ0) is 18.2. The zero-order valence-corrected chi connectivity index (χ0v) is 15.2. The van der Waals surface area contributed by atoms with Crippen LogP contribution in [0, 0.1) is 6.92 Å². The molecule has 0 unspecified atom stereocenters. The van der Waals surface area contributed by atoms with Crippen LogP contribution in [0.1, 0.15) is 16.7 Å². The van der Waals surface area contributed by atoms with Gasteiger partial charge < -0.3 is 5.84 Å². The molecule has 0 fully saturated rings. The fourth-order valence-electron chi connectivity index (χ4n) is 2.14. The summed E-state index contributed by atoms with van der Waals surface area (Å²) in [5, 5.41) is 12.8. The highest BCUT2D eigenvalue weighted by molar-refractivity contribution is 7.98. The third-order valence-electron chi connectivity index (χ3n) is 3.57. The van der Waals surface area contributed by atoms with Gasteiger partial charge in [-0.15, -0.1) is 10.2 Å². The molecular weight excluding hydrogens is 344 g/mol. The molecule has 2 aromatic carbocycles. The normalized spacial score (nSPS) is 11.4. The Kier molecular flexibility index (Phi) is 6.05. The van der Waals surface area contributed by atoms with Crippen molar-refractivity contribution in [3.8, 4) is 0 Å². The summed E-state index contributed by atoms with van der Waals surface area (Å²) in [5.41, 5.74) is 6.35. The topological polar surface area (TPSA) is 81.1 Å². The number of aromatic nitrogens is 3. The Morgan fingerprint density at radius 2 is 1.88 bits per heavy atom. The molecule has 0 bridgehead atoms. The molecule has 6 nitrogen and oxygen atoms in total. The van der Waals surface area contributed by atoms with Crippen LogP contribution in [0.15, 0.2) is 70.9 Å². The smallest absolute Gasteiger partial charge is 0.264 e. The molecule has 26 heavy (non-hydrogen) atoms. The lowest BCUT2D eigenvalue weighted by molar-refractivity contribution is 0.847. The number of hydrogen-bond donors (Lipinski definition) is 2. The number of allylic oxidation sites excluding steroid dienone is 1. The van der Waals surface area contributed by atoms with Crippen LogP contribution >= 0.6 is 11.8 Å². The van der Waals surface area contributed by atoms with Gasteiger partial charge in [0.15, 0.2) is 0 Å². The monoisotopic (exact) mass is 364 g/mol. The third kappa shape index (κ3) is 4.97. The minimum absolute atomic E-state index is 0.390. The second kappa shape index (κ2) is 8.87. The molecule has 1 heterocycles. The molecule has 132 valence electrons. The summed E-state index contributed by atoms with van der Waals surface area (Å²) in [6, 6.07) is 18.4. The van der Waals surface area contributed by atoms with Gasteiger partial charge in [0.25, 0.3) is 5.95 Å². The molecule has 0 saturated carbocycles. The van der Waals surface area contributed by atoms with E-state index in [9.17, 15) is 0 Å². The van der Waals surface area contributed by atoms with Crippen molar-refractivity contribution in [3.05, 3.63) is 77.4 Å². The molecule has 0 atom stereocenters. The average Bonchev–Trinajstić information content (AvgIpc) is 3.02. The van der Waals surface area contributed by atoms with E-state index in [2.05, 4.69) is 51.9 Å². The Morgan fingerprint density at radius 1 is 1.12 bits per heavy atom. The lowest BCUT2D eigenvalue weighted by atomic mass is 10.2. The van der Waals surface area contributed by atoms with Crippen molar-refractivity contribution in [2.45, 2.75) is 17.8 Å². The molecule has 0 aliphatic carbocycles. The van der Waals surface area contributed by atoms with E-state index in [1.807, 2.05) is 42.5 Å². The van der Waals surface area contributed by atoms with E-state index in [-0.39, 0.29) is 0 Å². The van der Waals surface area contributed by atoms with Gasteiger partial charge in [0.2, 0.25) is 5.16 Å². The zero-order valence-electron chi connectivity index (χ0n) is 14.4. The summed E-state index contributed by atoms with van der Waals surface area (Å²) in [4.78, 5) is 0. The quantitative estimate of drug-likeness (QED) is 0.289. The van der Waals surface area contributed by atoms with Gasteiger partial charge in [0.05, 0.1) is 0 Å². The maximum absolute atomic E-state index is 6.01. The maximum Gasteiger partial charge on any atom is 0.264 e. The van der Waals surface area contributed by atoms with Crippen molar-refractivity contribution in [3.63, 3.8) is 0 Å². The summed E-state index contributed by atoms with van der Waals surface area (Å²) in [7, 11) is 0. The second-order valence-corrected chi connectivity index (χ2v) is 6.55. The van der Waals surface area contributed by atoms with E-state index in [1.165, 1.54) is 27.6 Å². The maximum atomic E-state index is 6.01. The van der Waals surface area contributed by atoms with Crippen molar-refractivity contribution in [2.75, 3.05) is 11.3 Å². The standard InChI is InChI=1S/C19H20N6S/c1-15-9-11-17(12-10-15)14-26-19-24-23-18(25(19)20)22-21-13-5-8-16-6-3-2-4-7-16/h2-13H,14,20H2,1H3,(H,22,23)/b8-5+,21-13+. The first-order chi connectivity index (χ1) is 12.7. The molecule has 0 spiro atoms. The number of thioether (sulfide) groups is 1. The Bertz CT molecular complexity index is 884. The van der Waals surface area contributed by atoms with Gasteiger partial charge in [-0.3, -0.25) is 0 Å². The van der Waals surface area contributed by atoms with Crippen LogP contribution in [-0.4, -0.2) is 21.1 Å². The van der Waals surface area contributed by atoms with Gasteiger partial charge in [-0.2, -0.15) is 5.10 Å². The number of nitrogens with zero attached hydrogens (tertiary/aromatic N) is 4. The Labute approximate surface area is 156 Å². The molecule has 3 aromatic rings. The summed E-state index contributed by atoms with van der Waals surface area (Å²) in [5.74, 6) is 7.18. The number of rotatable bonds is 7.